The zero-order valence-corrected chi connectivity index (χ0v) is 16.9. The lowest BCUT2D eigenvalue weighted by molar-refractivity contribution is -0.131. The lowest BCUT2D eigenvalue weighted by Gasteiger charge is -2.47. The van der Waals surface area contributed by atoms with Gasteiger partial charge in [-0.3, -0.25) is 4.79 Å². The summed E-state index contributed by atoms with van der Waals surface area (Å²) in [6.45, 7) is -0.0437. The molecule has 0 saturated carbocycles. The number of hydrogen-bond acceptors (Lipinski definition) is 3. The Kier molecular flexibility index (Phi) is 5.98. The maximum absolute atomic E-state index is 13.9. The molecule has 6 heteroatoms. The molecule has 0 aromatic heterocycles. The molecule has 0 aliphatic carbocycles. The van der Waals surface area contributed by atoms with Crippen LogP contribution in [-0.4, -0.2) is 13.0 Å². The Morgan fingerprint density at radius 1 is 0.903 bits per heavy atom. The second-order valence-corrected chi connectivity index (χ2v) is 7.14. The summed E-state index contributed by atoms with van der Waals surface area (Å²) in [7, 11) is 1.55. The fraction of sp³-hybridized carbons (Fsp3) is 0.160. The molecule has 3 aromatic rings. The Morgan fingerprint density at radius 3 is 2.10 bits per heavy atom. The van der Waals surface area contributed by atoms with Crippen molar-refractivity contribution in [2.75, 3.05) is 12.0 Å². The smallest absolute Gasteiger partial charge is 0.308 e. The van der Waals surface area contributed by atoms with Gasteiger partial charge >= 0.3 is 6.08 Å². The molecule has 158 valence electrons. The Bertz CT molecular complexity index is 1060. The van der Waals surface area contributed by atoms with Gasteiger partial charge in [0.15, 0.2) is 5.76 Å². The number of methoxy groups -OCH3 is 1. The topological polar surface area (TPSA) is 38.8 Å². The van der Waals surface area contributed by atoms with E-state index < -0.39 is 29.7 Å². The van der Waals surface area contributed by atoms with Gasteiger partial charge in [0.05, 0.1) is 13.2 Å². The molecule has 0 spiro atoms. The van der Waals surface area contributed by atoms with Crippen LogP contribution in [0.5, 0.6) is 5.75 Å². The third-order valence-electron chi connectivity index (χ3n) is 5.29. The Hall–Kier alpha value is -3.67. The minimum absolute atomic E-state index is 0.0437. The van der Waals surface area contributed by atoms with Crippen molar-refractivity contribution in [3.63, 3.8) is 0 Å². The normalized spacial score (nSPS) is 17.6. The van der Waals surface area contributed by atoms with Gasteiger partial charge in [0, 0.05) is 5.69 Å². The van der Waals surface area contributed by atoms with Gasteiger partial charge in [-0.25, -0.2) is 0 Å². The molecule has 31 heavy (non-hydrogen) atoms. The van der Waals surface area contributed by atoms with Gasteiger partial charge in [-0.2, -0.15) is 8.78 Å². The molecule has 4 rings (SSSR count). The quantitative estimate of drug-likeness (QED) is 0.362. The number of anilines is 1. The fourth-order valence-electron chi connectivity index (χ4n) is 3.76. The number of ether oxygens (including phenoxy) is 2. The first-order valence-corrected chi connectivity index (χ1v) is 9.84. The number of halogens is 2. The summed E-state index contributed by atoms with van der Waals surface area (Å²) < 4.78 is 38.6. The largest absolute Gasteiger partial charge is 0.497 e. The maximum Gasteiger partial charge on any atom is 0.308 e. The standard InChI is InChI=1S/C25H21F2NO3/c1-30-20-14-12-18(13-15-20)22-21(25(29)28(22)19-10-6-3-7-11-19)23(24(26)27)31-16-17-8-4-2-5-9-17/h2-15,21-22H,16H2,1H3/t21-,22-/m0/s1. The Balaban J connectivity index is 1.67. The van der Waals surface area contributed by atoms with Crippen LogP contribution in [0.25, 0.3) is 0 Å². The van der Waals surface area contributed by atoms with Gasteiger partial charge in [-0.05, 0) is 35.4 Å². The number of hydrogen-bond donors (Lipinski definition) is 0. The van der Waals surface area contributed by atoms with Crippen molar-refractivity contribution in [3.05, 3.63) is 108 Å². The van der Waals surface area contributed by atoms with Crippen LogP contribution >= 0.6 is 0 Å². The van der Waals surface area contributed by atoms with Gasteiger partial charge in [-0.15, -0.1) is 0 Å². The van der Waals surface area contributed by atoms with Crippen LogP contribution < -0.4 is 9.64 Å². The molecule has 3 aromatic carbocycles. The second-order valence-electron chi connectivity index (χ2n) is 7.14. The summed E-state index contributed by atoms with van der Waals surface area (Å²) >= 11 is 0. The van der Waals surface area contributed by atoms with Crippen LogP contribution in [0.2, 0.25) is 0 Å². The Morgan fingerprint density at radius 2 is 1.52 bits per heavy atom. The van der Waals surface area contributed by atoms with Gasteiger partial charge < -0.3 is 14.4 Å². The van der Waals surface area contributed by atoms with Crippen molar-refractivity contribution >= 4 is 11.6 Å². The zero-order chi connectivity index (χ0) is 21.8. The molecule has 2 atom stereocenters. The molecule has 1 saturated heterocycles. The van der Waals surface area contributed by atoms with E-state index in [2.05, 4.69) is 0 Å². The van der Waals surface area contributed by atoms with Crippen molar-refractivity contribution in [2.45, 2.75) is 12.6 Å². The van der Waals surface area contributed by atoms with Gasteiger partial charge in [-0.1, -0.05) is 60.7 Å². The third kappa shape index (κ3) is 4.14. The van der Waals surface area contributed by atoms with E-state index in [4.69, 9.17) is 9.47 Å². The van der Waals surface area contributed by atoms with Crippen LogP contribution in [-0.2, 0) is 16.1 Å². The number of rotatable bonds is 7. The predicted octanol–water partition coefficient (Wildman–Crippen LogP) is 5.72. The average molecular weight is 421 g/mol. The van der Waals surface area contributed by atoms with E-state index in [1.807, 2.05) is 12.1 Å². The van der Waals surface area contributed by atoms with Crippen LogP contribution in [0.15, 0.2) is 96.8 Å². The van der Waals surface area contributed by atoms with E-state index in [1.54, 1.807) is 79.9 Å². The highest BCUT2D eigenvalue weighted by Gasteiger charge is 2.53. The summed E-state index contributed by atoms with van der Waals surface area (Å²) in [5, 5.41) is 0. The van der Waals surface area contributed by atoms with E-state index in [9.17, 15) is 13.6 Å². The summed E-state index contributed by atoms with van der Waals surface area (Å²) in [4.78, 5) is 14.6. The number of amides is 1. The van der Waals surface area contributed by atoms with Crippen LogP contribution in [0.1, 0.15) is 17.2 Å². The van der Waals surface area contributed by atoms with Crippen molar-refractivity contribution in [2.24, 2.45) is 5.92 Å². The minimum atomic E-state index is -1.99. The number of nitrogens with zero attached hydrogens (tertiary/aromatic N) is 1. The summed E-state index contributed by atoms with van der Waals surface area (Å²) in [6, 6.07) is 24.5. The second kappa shape index (κ2) is 9.00. The molecule has 1 aliphatic rings. The molecule has 0 N–H and O–H groups in total. The molecule has 1 fully saturated rings. The lowest BCUT2D eigenvalue weighted by Crippen LogP contribution is -2.56. The molecular formula is C25H21F2NO3. The third-order valence-corrected chi connectivity index (χ3v) is 5.29. The molecular weight excluding hydrogens is 400 g/mol. The first-order valence-electron chi connectivity index (χ1n) is 9.84. The molecule has 0 bridgehead atoms. The molecule has 1 amide bonds. The number of carbonyl (C=O) groups is 1. The number of benzene rings is 3. The monoisotopic (exact) mass is 421 g/mol. The average Bonchev–Trinajstić information content (AvgIpc) is 2.81. The lowest BCUT2D eigenvalue weighted by atomic mass is 9.80. The number of β-lactam (4-membered cyclic amide) rings is 1. The van der Waals surface area contributed by atoms with Crippen molar-refractivity contribution in [1.82, 2.24) is 0 Å². The number of para-hydroxylation sites is 1. The summed E-state index contributed by atoms with van der Waals surface area (Å²) in [6.07, 6.45) is -1.99. The fourth-order valence-corrected chi connectivity index (χ4v) is 3.76. The Labute approximate surface area is 179 Å². The number of carbonyl (C=O) groups excluding carboxylic acids is 1. The van der Waals surface area contributed by atoms with E-state index >= 15 is 0 Å². The highest BCUT2D eigenvalue weighted by molar-refractivity contribution is 6.04. The summed E-state index contributed by atoms with van der Waals surface area (Å²) in [5.41, 5.74) is 2.11. The van der Waals surface area contributed by atoms with Crippen LogP contribution in [0.3, 0.4) is 0 Å². The highest BCUT2D eigenvalue weighted by atomic mass is 19.3. The van der Waals surface area contributed by atoms with Crippen molar-refractivity contribution in [3.8, 4) is 5.75 Å². The van der Waals surface area contributed by atoms with Gasteiger partial charge in [0.1, 0.15) is 18.3 Å². The molecule has 0 unspecified atom stereocenters. The van der Waals surface area contributed by atoms with Gasteiger partial charge in [0.2, 0.25) is 5.91 Å². The van der Waals surface area contributed by atoms with E-state index in [-0.39, 0.29) is 6.61 Å². The van der Waals surface area contributed by atoms with E-state index in [0.29, 0.717) is 11.4 Å². The highest BCUT2D eigenvalue weighted by Crippen LogP contribution is 2.48. The first kappa shape index (κ1) is 20.6. The van der Waals surface area contributed by atoms with Crippen molar-refractivity contribution < 1.29 is 23.0 Å². The first-order chi connectivity index (χ1) is 15.1. The van der Waals surface area contributed by atoms with E-state index in [0.717, 1.165) is 11.1 Å². The maximum atomic E-state index is 13.9. The molecule has 0 radical (unpaired) electrons. The van der Waals surface area contributed by atoms with Crippen molar-refractivity contribution in [1.29, 1.82) is 0 Å². The van der Waals surface area contributed by atoms with Crippen LogP contribution in [0, 0.1) is 5.92 Å². The minimum Gasteiger partial charge on any atom is -0.497 e. The SMILES string of the molecule is COc1ccc([C@H]2[C@@H](C(OCc3ccccc3)=C(F)F)C(=O)N2c2ccccc2)cc1. The van der Waals surface area contributed by atoms with Crippen LogP contribution in [0.4, 0.5) is 14.5 Å². The molecule has 1 heterocycles. The van der Waals surface area contributed by atoms with Gasteiger partial charge in [0.25, 0.3) is 0 Å². The zero-order valence-electron chi connectivity index (χ0n) is 16.9. The van der Waals surface area contributed by atoms with E-state index in [1.165, 1.54) is 4.90 Å². The molecule has 1 aliphatic heterocycles. The predicted molar refractivity (Wildman–Crippen MR) is 114 cm³/mol. The molecule has 4 nitrogen and oxygen atoms in total. The summed E-state index contributed by atoms with van der Waals surface area (Å²) in [5.74, 6) is -1.47.